The van der Waals surface area contributed by atoms with E-state index in [2.05, 4.69) is 4.72 Å². The van der Waals surface area contributed by atoms with Crippen molar-refractivity contribution in [3.05, 3.63) is 56.9 Å². The summed E-state index contributed by atoms with van der Waals surface area (Å²) in [6.45, 7) is 0.614. The zero-order chi connectivity index (χ0) is 22.3. The molecule has 3 rings (SSSR count). The molecule has 2 heterocycles. The topological polar surface area (TPSA) is 93.4 Å². The van der Waals surface area contributed by atoms with E-state index >= 15 is 0 Å². The Bertz CT molecular complexity index is 1160. The first-order valence-corrected chi connectivity index (χ1v) is 10.6. The number of piperidine rings is 1. The number of nitrogens with zero attached hydrogens (tertiary/aromatic N) is 3. The molecule has 1 saturated heterocycles. The fourth-order valence-corrected chi connectivity index (χ4v) is 4.99. The van der Waals surface area contributed by atoms with Crippen molar-refractivity contribution in [2.45, 2.75) is 30.0 Å². The van der Waals surface area contributed by atoms with E-state index in [9.17, 15) is 31.2 Å². The summed E-state index contributed by atoms with van der Waals surface area (Å²) in [6, 6.07) is 3.45. The molecule has 2 aromatic rings. The molecule has 1 aromatic carbocycles. The van der Waals surface area contributed by atoms with Crippen molar-refractivity contribution in [3.8, 4) is 0 Å². The highest BCUT2D eigenvalue weighted by molar-refractivity contribution is 7.89. The van der Waals surface area contributed by atoms with Crippen molar-refractivity contribution in [2.24, 2.45) is 14.1 Å². The van der Waals surface area contributed by atoms with Gasteiger partial charge in [-0.15, -0.1) is 0 Å². The number of hydrogen-bond donors (Lipinski definition) is 1. The van der Waals surface area contributed by atoms with Crippen molar-refractivity contribution in [1.82, 2.24) is 13.9 Å². The minimum absolute atomic E-state index is 0.291. The number of aromatic nitrogens is 2. The molecule has 0 spiro atoms. The number of rotatable bonds is 4. The average molecular weight is 446 g/mol. The van der Waals surface area contributed by atoms with Crippen LogP contribution >= 0.6 is 0 Å². The van der Waals surface area contributed by atoms with Crippen LogP contribution in [0.5, 0.6) is 0 Å². The quantitative estimate of drug-likeness (QED) is 0.758. The Labute approximate surface area is 170 Å². The molecule has 0 amide bonds. The van der Waals surface area contributed by atoms with Crippen LogP contribution in [0.15, 0.2) is 44.9 Å². The molecule has 164 valence electrons. The molecule has 1 fully saturated rings. The number of benzene rings is 1. The maximum absolute atomic E-state index is 13.2. The lowest BCUT2D eigenvalue weighted by atomic mass is 10.1. The van der Waals surface area contributed by atoms with Gasteiger partial charge in [0.2, 0.25) is 10.0 Å². The van der Waals surface area contributed by atoms with E-state index in [1.807, 2.05) is 0 Å². The number of hydrogen-bond acceptors (Lipinski definition) is 5. The molecule has 8 nitrogen and oxygen atoms in total. The van der Waals surface area contributed by atoms with E-state index in [0.29, 0.717) is 31.6 Å². The van der Waals surface area contributed by atoms with E-state index in [-0.39, 0.29) is 0 Å². The summed E-state index contributed by atoms with van der Waals surface area (Å²) in [5, 5.41) is 0. The van der Waals surface area contributed by atoms with Crippen LogP contribution in [0.3, 0.4) is 0 Å². The van der Waals surface area contributed by atoms with Crippen LogP contribution in [0.4, 0.5) is 18.9 Å². The zero-order valence-corrected chi connectivity index (χ0v) is 17.1. The maximum atomic E-state index is 13.2. The van der Waals surface area contributed by atoms with Gasteiger partial charge in [0.05, 0.1) is 10.5 Å². The van der Waals surface area contributed by atoms with Crippen LogP contribution in [0.25, 0.3) is 0 Å². The molecule has 1 aliphatic rings. The van der Waals surface area contributed by atoms with E-state index in [4.69, 9.17) is 0 Å². The number of aryl methyl sites for hydroxylation is 1. The number of halogens is 3. The van der Waals surface area contributed by atoms with E-state index in [1.54, 1.807) is 4.90 Å². The highest BCUT2D eigenvalue weighted by atomic mass is 32.2. The predicted octanol–water partition coefficient (Wildman–Crippen LogP) is 1.05. The molecular weight excluding hydrogens is 425 g/mol. The first kappa shape index (κ1) is 22.1. The monoisotopic (exact) mass is 446 g/mol. The molecule has 1 aromatic heterocycles. The SMILES string of the molecule is Cn1cc(N2CCC(NS(=O)(=O)c3ccccc3C(F)(F)F)CC2)c(=O)n(C)c1=O. The molecule has 0 saturated carbocycles. The number of nitrogens with one attached hydrogen (secondary N) is 1. The fraction of sp³-hybridized carbons (Fsp3) is 0.444. The lowest BCUT2D eigenvalue weighted by molar-refractivity contribution is -0.139. The van der Waals surface area contributed by atoms with Gasteiger partial charge >= 0.3 is 11.9 Å². The first-order chi connectivity index (χ1) is 13.9. The molecule has 0 unspecified atom stereocenters. The Kier molecular flexibility index (Phi) is 5.83. The lowest BCUT2D eigenvalue weighted by Crippen LogP contribution is -2.48. The van der Waals surface area contributed by atoms with Crippen LogP contribution < -0.4 is 20.9 Å². The third-order valence-electron chi connectivity index (χ3n) is 5.07. The van der Waals surface area contributed by atoms with Crippen molar-refractivity contribution >= 4 is 15.7 Å². The van der Waals surface area contributed by atoms with Crippen molar-refractivity contribution in [2.75, 3.05) is 18.0 Å². The van der Waals surface area contributed by atoms with Crippen LogP contribution in [0, 0.1) is 0 Å². The zero-order valence-electron chi connectivity index (χ0n) is 16.3. The largest absolute Gasteiger partial charge is 0.417 e. The van der Waals surface area contributed by atoms with Crippen LogP contribution in [0.2, 0.25) is 0 Å². The average Bonchev–Trinajstić information content (AvgIpc) is 2.69. The summed E-state index contributed by atoms with van der Waals surface area (Å²) < 4.78 is 69.3. The third kappa shape index (κ3) is 4.29. The Hall–Kier alpha value is -2.60. The summed E-state index contributed by atoms with van der Waals surface area (Å²) in [4.78, 5) is 25.1. The van der Waals surface area contributed by atoms with Gasteiger partial charge in [0.15, 0.2) is 0 Å². The molecule has 0 bridgehead atoms. The predicted molar refractivity (Wildman–Crippen MR) is 104 cm³/mol. The van der Waals surface area contributed by atoms with Gasteiger partial charge in [-0.3, -0.25) is 9.36 Å². The van der Waals surface area contributed by atoms with Gasteiger partial charge in [-0.05, 0) is 25.0 Å². The number of alkyl halides is 3. The van der Waals surface area contributed by atoms with Crippen molar-refractivity contribution in [3.63, 3.8) is 0 Å². The van der Waals surface area contributed by atoms with E-state index in [1.165, 1.54) is 30.9 Å². The molecule has 0 aliphatic carbocycles. The molecule has 1 N–H and O–H groups in total. The summed E-state index contributed by atoms with van der Waals surface area (Å²) in [7, 11) is -1.50. The second kappa shape index (κ2) is 7.91. The molecule has 12 heteroatoms. The lowest BCUT2D eigenvalue weighted by Gasteiger charge is -2.33. The van der Waals surface area contributed by atoms with Gasteiger partial charge in [0.1, 0.15) is 5.69 Å². The Morgan fingerprint density at radius 3 is 2.27 bits per heavy atom. The minimum Gasteiger partial charge on any atom is -0.366 e. The first-order valence-electron chi connectivity index (χ1n) is 9.12. The molecule has 0 atom stereocenters. The summed E-state index contributed by atoms with van der Waals surface area (Å²) in [5.41, 5.74) is -1.84. The van der Waals surface area contributed by atoms with E-state index < -0.39 is 43.9 Å². The Morgan fingerprint density at radius 1 is 1.07 bits per heavy atom. The molecule has 1 aliphatic heterocycles. The standard InChI is InChI=1S/C18H21F3N4O4S/c1-23-11-14(16(26)24(2)17(23)27)25-9-7-12(8-10-25)22-30(28,29)15-6-4-3-5-13(15)18(19,20)21/h3-6,11-12,22H,7-10H2,1-2H3. The van der Waals surface area contributed by atoms with Gasteiger partial charge in [-0.2, -0.15) is 13.2 Å². The second-order valence-electron chi connectivity index (χ2n) is 7.15. The maximum Gasteiger partial charge on any atom is 0.417 e. The molecule has 0 radical (unpaired) electrons. The third-order valence-corrected chi connectivity index (χ3v) is 6.65. The van der Waals surface area contributed by atoms with Crippen LogP contribution in [-0.4, -0.2) is 36.7 Å². The number of anilines is 1. The van der Waals surface area contributed by atoms with Crippen molar-refractivity contribution < 1.29 is 21.6 Å². The minimum atomic E-state index is -4.79. The smallest absolute Gasteiger partial charge is 0.366 e. The van der Waals surface area contributed by atoms with Gasteiger partial charge < -0.3 is 9.47 Å². The van der Waals surface area contributed by atoms with Gasteiger partial charge in [-0.1, -0.05) is 12.1 Å². The van der Waals surface area contributed by atoms with Crippen LogP contribution in [-0.2, 0) is 30.3 Å². The number of sulfonamides is 1. The van der Waals surface area contributed by atoms with Gasteiger partial charge in [-0.25, -0.2) is 17.9 Å². The molecular formula is C18H21F3N4O4S. The fourth-order valence-electron chi connectivity index (χ4n) is 3.46. The van der Waals surface area contributed by atoms with Gasteiger partial charge in [0.25, 0.3) is 5.56 Å². The summed E-state index contributed by atoms with van der Waals surface area (Å²) in [5.74, 6) is 0. The highest BCUT2D eigenvalue weighted by Crippen LogP contribution is 2.34. The van der Waals surface area contributed by atoms with Crippen molar-refractivity contribution in [1.29, 1.82) is 0 Å². The second-order valence-corrected chi connectivity index (χ2v) is 8.83. The van der Waals surface area contributed by atoms with Crippen LogP contribution in [0.1, 0.15) is 18.4 Å². The van der Waals surface area contributed by atoms with Gasteiger partial charge in [0, 0.05) is 39.4 Å². The Balaban J connectivity index is 1.76. The normalized spacial score (nSPS) is 16.1. The van der Waals surface area contributed by atoms with E-state index in [0.717, 1.165) is 22.8 Å². The molecule has 30 heavy (non-hydrogen) atoms. The Morgan fingerprint density at radius 2 is 1.67 bits per heavy atom. The highest BCUT2D eigenvalue weighted by Gasteiger charge is 2.37. The summed E-state index contributed by atoms with van der Waals surface area (Å²) in [6.07, 6.45) is -2.79. The summed E-state index contributed by atoms with van der Waals surface area (Å²) >= 11 is 0.